The van der Waals surface area contributed by atoms with Crippen molar-refractivity contribution < 1.29 is 0 Å². The molecule has 2 aromatic heterocycles. The van der Waals surface area contributed by atoms with Crippen LogP contribution in [0.2, 0.25) is 0 Å². The highest BCUT2D eigenvalue weighted by atomic mass is 15.1. The van der Waals surface area contributed by atoms with E-state index < -0.39 is 0 Å². The van der Waals surface area contributed by atoms with Gasteiger partial charge in [-0.1, -0.05) is 30.3 Å². The van der Waals surface area contributed by atoms with Crippen molar-refractivity contribution in [2.24, 2.45) is 0 Å². The molecule has 3 heterocycles. The summed E-state index contributed by atoms with van der Waals surface area (Å²) < 4.78 is 0. The van der Waals surface area contributed by atoms with Gasteiger partial charge < -0.3 is 15.2 Å². The predicted octanol–water partition coefficient (Wildman–Crippen LogP) is 2.51. The van der Waals surface area contributed by atoms with Crippen molar-refractivity contribution in [3.63, 3.8) is 0 Å². The lowest BCUT2D eigenvalue weighted by Crippen LogP contribution is -2.28. The maximum Gasteiger partial charge on any atom is 0.134 e. The Morgan fingerprint density at radius 3 is 2.92 bits per heavy atom. The van der Waals surface area contributed by atoms with Crippen LogP contribution in [0.4, 0.5) is 5.82 Å². The second-order valence-corrected chi connectivity index (χ2v) is 6.42. The quantitative estimate of drug-likeness (QED) is 0.750. The van der Waals surface area contributed by atoms with Gasteiger partial charge in [-0.25, -0.2) is 15.0 Å². The summed E-state index contributed by atoms with van der Waals surface area (Å²) in [5.41, 5.74) is 4.60. The molecule has 0 fully saturated rings. The molecule has 6 nitrogen and oxygen atoms in total. The molecule has 0 unspecified atom stereocenters. The number of hydrogen-bond acceptors (Lipinski definition) is 5. The van der Waals surface area contributed by atoms with Crippen LogP contribution >= 0.6 is 0 Å². The fourth-order valence-corrected chi connectivity index (χ4v) is 3.18. The molecule has 0 spiro atoms. The molecule has 1 aliphatic rings. The molecular weight excluding hydrogens is 312 g/mol. The van der Waals surface area contributed by atoms with Gasteiger partial charge in [0.25, 0.3) is 0 Å². The minimum absolute atomic E-state index is 0.787. The van der Waals surface area contributed by atoms with Gasteiger partial charge in [-0.2, -0.15) is 0 Å². The van der Waals surface area contributed by atoms with Crippen molar-refractivity contribution in [3.05, 3.63) is 59.9 Å². The molecule has 2 N–H and O–H groups in total. The van der Waals surface area contributed by atoms with Crippen LogP contribution in [0.1, 0.15) is 17.1 Å². The second kappa shape index (κ2) is 7.03. The minimum Gasteiger partial charge on any atom is -0.369 e. The first-order valence-electron chi connectivity index (χ1n) is 8.64. The number of rotatable bonds is 5. The molecule has 0 amide bonds. The molecule has 0 atom stereocenters. The molecule has 25 heavy (non-hydrogen) atoms. The monoisotopic (exact) mass is 334 g/mol. The lowest BCUT2D eigenvalue weighted by molar-refractivity contribution is 0.310. The van der Waals surface area contributed by atoms with Crippen molar-refractivity contribution in [2.45, 2.75) is 19.4 Å². The normalized spacial score (nSPS) is 14.3. The average molecular weight is 334 g/mol. The molecule has 128 valence electrons. The van der Waals surface area contributed by atoms with Crippen LogP contribution in [-0.2, 0) is 19.4 Å². The molecule has 1 aliphatic heterocycles. The van der Waals surface area contributed by atoms with Gasteiger partial charge in [-0.3, -0.25) is 0 Å². The summed E-state index contributed by atoms with van der Waals surface area (Å²) >= 11 is 0. The van der Waals surface area contributed by atoms with Gasteiger partial charge in [-0.15, -0.1) is 0 Å². The Kier molecular flexibility index (Phi) is 4.43. The topological polar surface area (TPSA) is 69.7 Å². The highest BCUT2D eigenvalue weighted by Gasteiger charge is 2.18. The standard InChI is InChI=1S/C19H22N6/c1-25-10-8-16-15(12-25)19(23-13-22-16)20-9-7-18-21-11-17(24-18)14-5-3-2-4-6-14/h2-6,11,13H,7-10,12H2,1H3,(H,21,24)(H,20,22,23). The van der Waals surface area contributed by atoms with E-state index in [2.05, 4.69) is 49.3 Å². The molecule has 6 heteroatoms. The van der Waals surface area contributed by atoms with Crippen molar-refractivity contribution in [3.8, 4) is 11.3 Å². The SMILES string of the molecule is CN1CCc2ncnc(NCCc3ncc(-c4ccccc4)[nH]3)c2C1. The number of aromatic amines is 1. The average Bonchev–Trinajstić information content (AvgIpc) is 3.12. The first-order chi connectivity index (χ1) is 12.3. The molecule has 3 aromatic rings. The van der Waals surface area contributed by atoms with Gasteiger partial charge >= 0.3 is 0 Å². The molecule has 4 rings (SSSR count). The number of fused-ring (bicyclic) bond motifs is 1. The third kappa shape index (κ3) is 3.53. The Bertz CT molecular complexity index is 842. The first kappa shape index (κ1) is 15.8. The van der Waals surface area contributed by atoms with Gasteiger partial charge in [-0.05, 0) is 12.6 Å². The summed E-state index contributed by atoms with van der Waals surface area (Å²) in [5.74, 6) is 1.93. The maximum atomic E-state index is 4.49. The first-order valence-corrected chi connectivity index (χ1v) is 8.64. The van der Waals surface area contributed by atoms with Crippen molar-refractivity contribution >= 4 is 5.82 Å². The molecule has 0 aliphatic carbocycles. The summed E-state index contributed by atoms with van der Waals surface area (Å²) in [6, 6.07) is 10.3. The van der Waals surface area contributed by atoms with E-state index >= 15 is 0 Å². The van der Waals surface area contributed by atoms with Gasteiger partial charge in [0.15, 0.2) is 0 Å². The Balaban J connectivity index is 1.40. The number of anilines is 1. The van der Waals surface area contributed by atoms with Crippen LogP contribution in [0.5, 0.6) is 0 Å². The molecule has 1 aromatic carbocycles. The van der Waals surface area contributed by atoms with Crippen LogP contribution in [-0.4, -0.2) is 45.0 Å². The minimum atomic E-state index is 0.787. The van der Waals surface area contributed by atoms with Crippen molar-refractivity contribution in [1.82, 2.24) is 24.8 Å². The fourth-order valence-electron chi connectivity index (χ4n) is 3.18. The number of aromatic nitrogens is 4. The van der Waals surface area contributed by atoms with Crippen LogP contribution in [0.25, 0.3) is 11.3 Å². The third-order valence-electron chi connectivity index (χ3n) is 4.56. The number of nitrogens with one attached hydrogen (secondary N) is 2. The van der Waals surface area contributed by atoms with E-state index in [0.717, 1.165) is 55.4 Å². The Morgan fingerprint density at radius 2 is 2.04 bits per heavy atom. The van der Waals surface area contributed by atoms with E-state index in [9.17, 15) is 0 Å². The molecular formula is C19H22N6. The highest BCUT2D eigenvalue weighted by Crippen LogP contribution is 2.22. The highest BCUT2D eigenvalue weighted by molar-refractivity contribution is 5.58. The number of H-pyrrole nitrogens is 1. The molecule has 0 radical (unpaired) electrons. The van der Waals surface area contributed by atoms with E-state index in [0.29, 0.717) is 0 Å². The second-order valence-electron chi connectivity index (χ2n) is 6.42. The molecule has 0 saturated carbocycles. The third-order valence-corrected chi connectivity index (χ3v) is 4.56. The van der Waals surface area contributed by atoms with Crippen molar-refractivity contribution in [2.75, 3.05) is 25.5 Å². The Hall–Kier alpha value is -2.73. The largest absolute Gasteiger partial charge is 0.369 e. The maximum absolute atomic E-state index is 4.49. The van der Waals surface area contributed by atoms with Gasteiger partial charge in [0, 0.05) is 38.0 Å². The van der Waals surface area contributed by atoms with Crippen LogP contribution in [0, 0.1) is 0 Å². The summed E-state index contributed by atoms with van der Waals surface area (Å²) in [6.45, 7) is 2.74. The number of imidazole rings is 1. The predicted molar refractivity (Wildman–Crippen MR) is 98.3 cm³/mol. The number of likely N-dealkylation sites (N-methyl/N-ethyl adjacent to an activating group) is 1. The Morgan fingerprint density at radius 1 is 1.16 bits per heavy atom. The van der Waals surface area contributed by atoms with E-state index in [1.807, 2.05) is 24.4 Å². The Labute approximate surface area is 147 Å². The summed E-state index contributed by atoms with van der Waals surface area (Å²) in [5, 5.41) is 3.45. The summed E-state index contributed by atoms with van der Waals surface area (Å²) in [4.78, 5) is 19.0. The fraction of sp³-hybridized carbons (Fsp3) is 0.316. The van der Waals surface area contributed by atoms with Gasteiger partial charge in [0.05, 0.1) is 17.6 Å². The van der Waals surface area contributed by atoms with Crippen LogP contribution in [0.15, 0.2) is 42.9 Å². The molecule has 0 bridgehead atoms. The zero-order valence-corrected chi connectivity index (χ0v) is 14.4. The summed E-state index contributed by atoms with van der Waals surface area (Å²) in [7, 11) is 2.13. The van der Waals surface area contributed by atoms with Crippen LogP contribution in [0.3, 0.4) is 0 Å². The van der Waals surface area contributed by atoms with Crippen LogP contribution < -0.4 is 5.32 Å². The summed E-state index contributed by atoms with van der Waals surface area (Å²) in [6.07, 6.45) is 5.36. The molecule has 0 saturated heterocycles. The van der Waals surface area contributed by atoms with E-state index in [4.69, 9.17) is 0 Å². The number of benzene rings is 1. The lowest BCUT2D eigenvalue weighted by atomic mass is 10.1. The number of hydrogen-bond donors (Lipinski definition) is 2. The smallest absolute Gasteiger partial charge is 0.134 e. The van der Waals surface area contributed by atoms with Crippen molar-refractivity contribution in [1.29, 1.82) is 0 Å². The van der Waals surface area contributed by atoms with E-state index in [-0.39, 0.29) is 0 Å². The van der Waals surface area contributed by atoms with E-state index in [1.165, 1.54) is 11.3 Å². The van der Waals surface area contributed by atoms with Gasteiger partial charge in [0.2, 0.25) is 0 Å². The lowest BCUT2D eigenvalue weighted by Gasteiger charge is -2.25. The zero-order valence-electron chi connectivity index (χ0n) is 14.4. The van der Waals surface area contributed by atoms with E-state index in [1.54, 1.807) is 6.33 Å². The number of nitrogens with zero attached hydrogens (tertiary/aromatic N) is 4. The van der Waals surface area contributed by atoms with Gasteiger partial charge in [0.1, 0.15) is 18.0 Å². The zero-order chi connectivity index (χ0) is 17.1.